The first-order valence-electron chi connectivity index (χ1n) is 5.59. The van der Waals surface area contributed by atoms with Crippen molar-refractivity contribution in [3.05, 3.63) is 53.8 Å². The quantitative estimate of drug-likeness (QED) is 0.357. The highest BCUT2D eigenvalue weighted by Crippen LogP contribution is 2.21. The van der Waals surface area contributed by atoms with Crippen LogP contribution in [-0.2, 0) is 0 Å². The van der Waals surface area contributed by atoms with Crippen LogP contribution in [0.15, 0.2) is 48.5 Å². The Bertz CT molecular complexity index is 825. The van der Waals surface area contributed by atoms with E-state index in [4.69, 9.17) is 11.6 Å². The second kappa shape index (κ2) is 3.40. The van der Waals surface area contributed by atoms with Gasteiger partial charge in [-0.05, 0) is 34.4 Å². The topological polar surface area (TPSA) is 34.3 Å². The maximum absolute atomic E-state index is 5.92. The van der Waals surface area contributed by atoms with E-state index in [1.54, 1.807) is 9.26 Å². The normalized spacial score (nSPS) is 11.6. The van der Waals surface area contributed by atoms with Gasteiger partial charge in [0.25, 0.3) is 0 Å². The summed E-state index contributed by atoms with van der Waals surface area (Å²) in [6.45, 7) is 0. The fraction of sp³-hybridized carbons (Fsp3) is 0. The van der Waals surface area contributed by atoms with Crippen LogP contribution in [0.3, 0.4) is 0 Å². The highest BCUT2D eigenvalue weighted by molar-refractivity contribution is 6.28. The molecule has 2 aromatic heterocycles. The highest BCUT2D eigenvalue weighted by Gasteiger charge is 2.18. The molecule has 0 aliphatic carbocycles. The van der Waals surface area contributed by atoms with Gasteiger partial charge in [0.1, 0.15) is 5.52 Å². The van der Waals surface area contributed by atoms with Crippen molar-refractivity contribution in [2.24, 2.45) is 0 Å². The molecule has 86 valence electrons. The van der Waals surface area contributed by atoms with Gasteiger partial charge in [-0.1, -0.05) is 30.3 Å². The molecule has 0 atom stereocenters. The van der Waals surface area contributed by atoms with Gasteiger partial charge in [0.2, 0.25) is 0 Å². The largest absolute Gasteiger partial charge is 0.400 e. The molecule has 5 heteroatoms. The maximum Gasteiger partial charge on any atom is 0.400 e. The van der Waals surface area contributed by atoms with Gasteiger partial charge < -0.3 is 0 Å². The molecule has 2 aromatic carbocycles. The maximum atomic E-state index is 5.92. The van der Waals surface area contributed by atoms with Crippen LogP contribution in [-0.4, -0.2) is 14.8 Å². The third kappa shape index (κ3) is 1.18. The van der Waals surface area contributed by atoms with Gasteiger partial charge in [0.05, 0.1) is 5.10 Å². The Morgan fingerprint density at radius 1 is 0.944 bits per heavy atom. The lowest BCUT2D eigenvalue weighted by molar-refractivity contribution is -0.652. The van der Waals surface area contributed by atoms with Gasteiger partial charge >= 0.3 is 5.28 Å². The summed E-state index contributed by atoms with van der Waals surface area (Å²) < 4.78 is 3.44. The van der Waals surface area contributed by atoms with Crippen LogP contribution in [0, 0.1) is 0 Å². The summed E-state index contributed by atoms with van der Waals surface area (Å²) in [5.74, 6) is 0. The molecule has 0 aliphatic heterocycles. The summed E-state index contributed by atoms with van der Waals surface area (Å²) in [5.41, 5.74) is 1.96. The third-order valence-electron chi connectivity index (χ3n) is 3.06. The van der Waals surface area contributed by atoms with Crippen LogP contribution in [0.1, 0.15) is 0 Å². The number of para-hydroxylation sites is 2. The van der Waals surface area contributed by atoms with Crippen LogP contribution in [0.2, 0.25) is 5.28 Å². The molecular weight excluding hydrogens is 248 g/mol. The van der Waals surface area contributed by atoms with Gasteiger partial charge in [-0.15, -0.1) is 0 Å². The van der Waals surface area contributed by atoms with Gasteiger partial charge in [-0.25, -0.2) is 0 Å². The number of aromatic nitrogens is 4. The van der Waals surface area contributed by atoms with E-state index in [2.05, 4.69) is 22.3 Å². The Morgan fingerprint density at radius 3 is 2.56 bits per heavy atom. The zero-order valence-corrected chi connectivity index (χ0v) is 10.0. The molecular formula is C13H8ClN4+. The van der Waals surface area contributed by atoms with Crippen LogP contribution in [0.4, 0.5) is 0 Å². The first-order valence-corrected chi connectivity index (χ1v) is 5.97. The first-order chi connectivity index (χ1) is 8.84. The Labute approximate surface area is 107 Å². The number of hydrogen-bond donors (Lipinski definition) is 0. The number of tetrazole rings is 1. The van der Waals surface area contributed by atoms with E-state index in [0.29, 0.717) is 0 Å². The van der Waals surface area contributed by atoms with E-state index < -0.39 is 0 Å². The fourth-order valence-electron chi connectivity index (χ4n) is 2.32. The minimum atomic E-state index is 0.238. The number of fused-ring (bicyclic) bond motifs is 6. The standard InChI is InChI=1S/C13H8ClN4/c14-13-15-17-11-7-3-1-5-9(11)10-6-2-4-8-12(10)18(17)16-13/h1-8H/q+1. The van der Waals surface area contributed by atoms with Crippen LogP contribution in [0.5, 0.6) is 0 Å². The molecule has 4 rings (SSSR count). The minimum Gasteiger partial charge on any atom is -0.0615 e. The average molecular weight is 256 g/mol. The van der Waals surface area contributed by atoms with Gasteiger partial charge in [-0.3, -0.25) is 0 Å². The Hall–Kier alpha value is -2.20. The highest BCUT2D eigenvalue weighted by atomic mass is 35.5. The summed E-state index contributed by atoms with van der Waals surface area (Å²) in [6, 6.07) is 16.2. The first kappa shape index (κ1) is 9.79. The average Bonchev–Trinajstić information content (AvgIpc) is 2.81. The lowest BCUT2D eigenvalue weighted by atomic mass is 10.1. The summed E-state index contributed by atoms with van der Waals surface area (Å²) >= 11 is 5.92. The smallest absolute Gasteiger partial charge is 0.0615 e. The summed E-state index contributed by atoms with van der Waals surface area (Å²) in [4.78, 5) is 0. The lowest BCUT2D eigenvalue weighted by Gasteiger charge is -2.00. The van der Waals surface area contributed by atoms with E-state index in [1.165, 1.54) is 0 Å². The third-order valence-corrected chi connectivity index (χ3v) is 3.21. The molecule has 4 nitrogen and oxygen atoms in total. The van der Waals surface area contributed by atoms with E-state index >= 15 is 0 Å². The summed E-state index contributed by atoms with van der Waals surface area (Å²) in [5, 5.41) is 11.0. The number of nitrogens with zero attached hydrogens (tertiary/aromatic N) is 4. The van der Waals surface area contributed by atoms with Gasteiger partial charge in [0.15, 0.2) is 5.52 Å². The summed E-state index contributed by atoms with van der Waals surface area (Å²) in [6.07, 6.45) is 0. The Kier molecular flexibility index (Phi) is 1.85. The molecule has 0 saturated carbocycles. The monoisotopic (exact) mass is 255 g/mol. The number of hydrogen-bond acceptors (Lipinski definition) is 2. The van der Waals surface area contributed by atoms with Crippen LogP contribution < -0.4 is 4.63 Å². The SMILES string of the molecule is Clc1nn2c3ccccc3c3ccccc3[n+]2n1. The zero-order chi connectivity index (χ0) is 12.1. The molecule has 0 saturated heterocycles. The fourth-order valence-corrected chi connectivity index (χ4v) is 2.47. The van der Waals surface area contributed by atoms with E-state index in [9.17, 15) is 0 Å². The number of halogens is 1. The molecule has 2 heterocycles. The molecule has 0 spiro atoms. The molecule has 4 aromatic rings. The minimum absolute atomic E-state index is 0.238. The van der Waals surface area contributed by atoms with Crippen molar-refractivity contribution in [1.29, 1.82) is 0 Å². The van der Waals surface area contributed by atoms with Crippen LogP contribution >= 0.6 is 11.6 Å². The van der Waals surface area contributed by atoms with Gasteiger partial charge in [-0.2, -0.15) is 0 Å². The van der Waals surface area contributed by atoms with E-state index in [1.807, 2.05) is 36.4 Å². The Balaban J connectivity index is 2.45. The molecule has 0 N–H and O–H groups in total. The number of benzene rings is 2. The van der Waals surface area contributed by atoms with Crippen molar-refractivity contribution in [3.63, 3.8) is 0 Å². The molecule has 0 fully saturated rings. The zero-order valence-electron chi connectivity index (χ0n) is 9.29. The molecule has 0 unspecified atom stereocenters. The Morgan fingerprint density at radius 2 is 1.67 bits per heavy atom. The second-order valence-electron chi connectivity index (χ2n) is 4.08. The van der Waals surface area contributed by atoms with E-state index in [0.717, 1.165) is 21.8 Å². The molecule has 0 bridgehead atoms. The lowest BCUT2D eigenvalue weighted by Crippen LogP contribution is -2.33. The molecule has 0 amide bonds. The second-order valence-corrected chi connectivity index (χ2v) is 4.42. The summed E-state index contributed by atoms with van der Waals surface area (Å²) in [7, 11) is 0. The van der Waals surface area contributed by atoms with Crippen molar-refractivity contribution in [2.75, 3.05) is 0 Å². The van der Waals surface area contributed by atoms with E-state index in [-0.39, 0.29) is 5.28 Å². The van der Waals surface area contributed by atoms with Crippen molar-refractivity contribution in [1.82, 2.24) is 14.8 Å². The predicted molar refractivity (Wildman–Crippen MR) is 68.7 cm³/mol. The van der Waals surface area contributed by atoms with Crippen molar-refractivity contribution >= 4 is 33.4 Å². The molecule has 0 aliphatic rings. The van der Waals surface area contributed by atoms with Crippen LogP contribution in [0.25, 0.3) is 21.8 Å². The van der Waals surface area contributed by atoms with Crippen molar-refractivity contribution in [3.8, 4) is 0 Å². The van der Waals surface area contributed by atoms with Crippen molar-refractivity contribution < 1.29 is 4.63 Å². The number of rotatable bonds is 0. The predicted octanol–water partition coefficient (Wildman–Crippen LogP) is 2.27. The van der Waals surface area contributed by atoms with Crippen molar-refractivity contribution in [2.45, 2.75) is 0 Å². The van der Waals surface area contributed by atoms with Gasteiger partial charge in [0, 0.05) is 20.5 Å². The molecule has 18 heavy (non-hydrogen) atoms. The molecule has 0 radical (unpaired) electrons.